The lowest BCUT2D eigenvalue weighted by Crippen LogP contribution is -2.30. The molecule has 1 aromatic carbocycles. The van der Waals surface area contributed by atoms with Crippen LogP contribution in [-0.2, 0) is 0 Å². The Bertz CT molecular complexity index is 486. The van der Waals surface area contributed by atoms with Crippen LogP contribution in [0.25, 0.3) is 0 Å². The minimum absolute atomic E-state index is 0.152. The number of amides is 2. The van der Waals surface area contributed by atoms with Gasteiger partial charge in [-0.2, -0.15) is 0 Å². The summed E-state index contributed by atoms with van der Waals surface area (Å²) >= 11 is 0. The van der Waals surface area contributed by atoms with E-state index in [0.29, 0.717) is 30.6 Å². The summed E-state index contributed by atoms with van der Waals surface area (Å²) in [5.41, 5.74) is 0.963. The molecule has 0 heterocycles. The Morgan fingerprint density at radius 1 is 1.33 bits per heavy atom. The van der Waals surface area contributed by atoms with Gasteiger partial charge >= 0.3 is 0 Å². The summed E-state index contributed by atoms with van der Waals surface area (Å²) < 4.78 is 0. The molecule has 1 aromatic rings. The van der Waals surface area contributed by atoms with Crippen molar-refractivity contribution in [3.05, 3.63) is 35.4 Å². The molecule has 1 unspecified atom stereocenters. The maximum Gasteiger partial charge on any atom is 0.253 e. The van der Waals surface area contributed by atoms with E-state index in [0.717, 1.165) is 6.42 Å². The summed E-state index contributed by atoms with van der Waals surface area (Å²) in [5.74, 6) is -0.320. The van der Waals surface area contributed by atoms with E-state index in [1.165, 1.54) is 0 Å². The lowest BCUT2D eigenvalue weighted by molar-refractivity contribution is 0.0769. The Labute approximate surface area is 126 Å². The quantitative estimate of drug-likeness (QED) is 0.803. The molecular formula is C16H24N2O3. The summed E-state index contributed by atoms with van der Waals surface area (Å²) in [7, 11) is 1.69. The highest BCUT2D eigenvalue weighted by Gasteiger charge is 2.14. The first kappa shape index (κ1) is 17.2. The van der Waals surface area contributed by atoms with E-state index in [4.69, 9.17) is 0 Å². The van der Waals surface area contributed by atoms with Crippen LogP contribution in [0.4, 0.5) is 0 Å². The molecule has 0 spiro atoms. The van der Waals surface area contributed by atoms with E-state index < -0.39 is 6.10 Å². The number of carbonyl (C=O) groups excluding carboxylic acids is 2. The summed E-state index contributed by atoms with van der Waals surface area (Å²) in [6.07, 6.45) is 0.956. The van der Waals surface area contributed by atoms with Crippen molar-refractivity contribution in [2.24, 2.45) is 0 Å². The Morgan fingerprint density at radius 3 is 2.62 bits per heavy atom. The zero-order chi connectivity index (χ0) is 15.8. The summed E-state index contributed by atoms with van der Waals surface area (Å²) in [4.78, 5) is 25.7. The normalized spacial score (nSPS) is 11.8. The SMILES string of the molecule is CCCNC(=O)c1cccc(C(=O)N(C)CCC(C)O)c1. The second-order valence-electron chi connectivity index (χ2n) is 5.20. The van der Waals surface area contributed by atoms with E-state index >= 15 is 0 Å². The molecule has 0 bridgehead atoms. The molecule has 0 aromatic heterocycles. The zero-order valence-corrected chi connectivity index (χ0v) is 12.9. The fraction of sp³-hybridized carbons (Fsp3) is 0.500. The van der Waals surface area contributed by atoms with Gasteiger partial charge in [-0.1, -0.05) is 13.0 Å². The highest BCUT2D eigenvalue weighted by atomic mass is 16.3. The molecule has 5 heteroatoms. The smallest absolute Gasteiger partial charge is 0.253 e. The first-order chi connectivity index (χ1) is 9.95. The maximum atomic E-state index is 12.3. The van der Waals surface area contributed by atoms with Crippen molar-refractivity contribution in [3.63, 3.8) is 0 Å². The second kappa shape index (κ2) is 8.42. The number of aliphatic hydroxyl groups excluding tert-OH is 1. The number of aliphatic hydroxyl groups is 1. The van der Waals surface area contributed by atoms with Crippen LogP contribution < -0.4 is 5.32 Å². The number of benzene rings is 1. The number of carbonyl (C=O) groups is 2. The predicted molar refractivity (Wildman–Crippen MR) is 82.3 cm³/mol. The molecule has 5 nitrogen and oxygen atoms in total. The van der Waals surface area contributed by atoms with E-state index in [9.17, 15) is 14.7 Å². The van der Waals surface area contributed by atoms with Gasteiger partial charge in [-0.3, -0.25) is 9.59 Å². The summed E-state index contributed by atoms with van der Waals surface area (Å²) in [5, 5.41) is 12.0. The Morgan fingerprint density at radius 2 is 2.00 bits per heavy atom. The van der Waals surface area contributed by atoms with Gasteiger partial charge in [-0.15, -0.1) is 0 Å². The lowest BCUT2D eigenvalue weighted by atomic mass is 10.1. The van der Waals surface area contributed by atoms with Crippen LogP contribution in [0, 0.1) is 0 Å². The monoisotopic (exact) mass is 292 g/mol. The molecule has 21 heavy (non-hydrogen) atoms. The molecule has 0 radical (unpaired) electrons. The third-order valence-electron chi connectivity index (χ3n) is 3.14. The molecule has 0 fully saturated rings. The van der Waals surface area contributed by atoms with Crippen LogP contribution in [0.5, 0.6) is 0 Å². The highest BCUT2D eigenvalue weighted by molar-refractivity contribution is 5.99. The Balaban J connectivity index is 2.74. The van der Waals surface area contributed by atoms with Crippen LogP contribution >= 0.6 is 0 Å². The molecule has 1 rings (SSSR count). The molecule has 0 aliphatic heterocycles. The third kappa shape index (κ3) is 5.55. The molecule has 0 aliphatic rings. The number of nitrogens with zero attached hydrogens (tertiary/aromatic N) is 1. The minimum atomic E-state index is -0.439. The average molecular weight is 292 g/mol. The number of nitrogens with one attached hydrogen (secondary N) is 1. The number of hydrogen-bond acceptors (Lipinski definition) is 3. The first-order valence-corrected chi connectivity index (χ1v) is 7.27. The van der Waals surface area contributed by atoms with Gasteiger partial charge in [0.1, 0.15) is 0 Å². The van der Waals surface area contributed by atoms with Gasteiger partial charge in [-0.05, 0) is 38.0 Å². The van der Waals surface area contributed by atoms with Crippen LogP contribution in [-0.4, -0.2) is 48.1 Å². The van der Waals surface area contributed by atoms with Crippen molar-refractivity contribution < 1.29 is 14.7 Å². The van der Waals surface area contributed by atoms with Crippen molar-refractivity contribution in [3.8, 4) is 0 Å². The Kier molecular flexibility index (Phi) is 6.88. The fourth-order valence-corrected chi connectivity index (χ4v) is 1.84. The van der Waals surface area contributed by atoms with E-state index in [2.05, 4.69) is 5.32 Å². The Hall–Kier alpha value is -1.88. The predicted octanol–water partition coefficient (Wildman–Crippen LogP) is 1.67. The molecule has 0 aliphatic carbocycles. The molecule has 2 amide bonds. The third-order valence-corrected chi connectivity index (χ3v) is 3.14. The first-order valence-electron chi connectivity index (χ1n) is 7.27. The van der Waals surface area contributed by atoms with Crippen molar-refractivity contribution >= 4 is 11.8 Å². The van der Waals surface area contributed by atoms with Crippen molar-refractivity contribution in [2.75, 3.05) is 20.1 Å². The van der Waals surface area contributed by atoms with Crippen LogP contribution in [0.2, 0.25) is 0 Å². The van der Waals surface area contributed by atoms with Gasteiger partial charge in [-0.25, -0.2) is 0 Å². The molecule has 0 saturated heterocycles. The second-order valence-corrected chi connectivity index (χ2v) is 5.20. The van der Waals surface area contributed by atoms with Gasteiger partial charge in [0.25, 0.3) is 11.8 Å². The van der Waals surface area contributed by atoms with E-state index in [1.807, 2.05) is 6.92 Å². The maximum absolute atomic E-state index is 12.3. The van der Waals surface area contributed by atoms with Crippen molar-refractivity contribution in [1.29, 1.82) is 0 Å². The standard InChI is InChI=1S/C16H24N2O3/c1-4-9-17-15(20)13-6-5-7-14(11-13)16(21)18(3)10-8-12(2)19/h5-7,11-12,19H,4,8-10H2,1-3H3,(H,17,20). The van der Waals surface area contributed by atoms with Crippen LogP contribution in [0.15, 0.2) is 24.3 Å². The summed E-state index contributed by atoms with van der Waals surface area (Å²) in [6.45, 7) is 4.77. The van der Waals surface area contributed by atoms with Gasteiger partial charge in [0, 0.05) is 31.3 Å². The van der Waals surface area contributed by atoms with Gasteiger partial charge in [0.2, 0.25) is 0 Å². The van der Waals surface area contributed by atoms with Crippen molar-refractivity contribution in [1.82, 2.24) is 10.2 Å². The highest BCUT2D eigenvalue weighted by Crippen LogP contribution is 2.09. The van der Waals surface area contributed by atoms with Gasteiger partial charge in [0.05, 0.1) is 6.10 Å². The van der Waals surface area contributed by atoms with Gasteiger partial charge < -0.3 is 15.3 Å². The van der Waals surface area contributed by atoms with Gasteiger partial charge in [0.15, 0.2) is 0 Å². The number of hydrogen-bond donors (Lipinski definition) is 2. The van der Waals surface area contributed by atoms with Crippen LogP contribution in [0.3, 0.4) is 0 Å². The number of rotatable bonds is 7. The average Bonchev–Trinajstić information content (AvgIpc) is 2.49. The van der Waals surface area contributed by atoms with E-state index in [1.54, 1.807) is 43.1 Å². The molecule has 116 valence electrons. The van der Waals surface area contributed by atoms with E-state index in [-0.39, 0.29) is 11.8 Å². The molecule has 0 saturated carbocycles. The fourth-order valence-electron chi connectivity index (χ4n) is 1.84. The topological polar surface area (TPSA) is 69.6 Å². The van der Waals surface area contributed by atoms with Crippen molar-refractivity contribution in [2.45, 2.75) is 32.8 Å². The largest absolute Gasteiger partial charge is 0.393 e. The van der Waals surface area contributed by atoms with Crippen LogP contribution in [0.1, 0.15) is 47.4 Å². The summed E-state index contributed by atoms with van der Waals surface area (Å²) in [6, 6.07) is 6.69. The molecule has 2 N–H and O–H groups in total. The lowest BCUT2D eigenvalue weighted by Gasteiger charge is -2.18. The zero-order valence-electron chi connectivity index (χ0n) is 12.9. The molecular weight excluding hydrogens is 268 g/mol. The molecule has 1 atom stereocenters. The minimum Gasteiger partial charge on any atom is -0.393 e.